The van der Waals surface area contributed by atoms with Gasteiger partial charge in [0.05, 0.1) is 19.3 Å². The van der Waals surface area contributed by atoms with Gasteiger partial charge in [-0.25, -0.2) is 0 Å². The van der Waals surface area contributed by atoms with Crippen LogP contribution in [0.1, 0.15) is 38.7 Å². The number of fused-ring (bicyclic) bond motifs is 1. The number of aliphatic imine (C=N–C) groups is 1. The van der Waals surface area contributed by atoms with E-state index in [9.17, 15) is 4.79 Å². The number of benzene rings is 2. The molecule has 0 radical (unpaired) electrons. The van der Waals surface area contributed by atoms with Crippen molar-refractivity contribution >= 4 is 39.8 Å². The highest BCUT2D eigenvalue weighted by Gasteiger charge is 2.35. The number of amides is 1. The lowest BCUT2D eigenvalue weighted by Gasteiger charge is -2.20. The van der Waals surface area contributed by atoms with Crippen molar-refractivity contribution in [2.45, 2.75) is 33.1 Å². The van der Waals surface area contributed by atoms with Crippen LogP contribution >= 0.6 is 11.8 Å². The van der Waals surface area contributed by atoms with E-state index in [2.05, 4.69) is 17.0 Å². The van der Waals surface area contributed by atoms with E-state index in [1.807, 2.05) is 37.3 Å². The summed E-state index contributed by atoms with van der Waals surface area (Å²) < 4.78 is 22.6. The van der Waals surface area contributed by atoms with Crippen LogP contribution in [0.3, 0.4) is 0 Å². The number of amidine groups is 2. The van der Waals surface area contributed by atoms with Crippen molar-refractivity contribution in [3.05, 3.63) is 53.6 Å². The van der Waals surface area contributed by atoms with Gasteiger partial charge < -0.3 is 18.9 Å². The normalized spacial score (nSPS) is 15.9. The lowest BCUT2D eigenvalue weighted by molar-refractivity contribution is -0.114. The molecule has 0 spiro atoms. The number of carbonyl (C=O) groups excluding carboxylic acids is 1. The summed E-state index contributed by atoms with van der Waals surface area (Å²) >= 11 is 1.36. The quantitative estimate of drug-likeness (QED) is 0.295. The maximum atomic E-state index is 12.7. The van der Waals surface area contributed by atoms with Gasteiger partial charge in [0.1, 0.15) is 29.8 Å². The van der Waals surface area contributed by atoms with Crippen LogP contribution in [0.2, 0.25) is 0 Å². The third-order valence-electron chi connectivity index (χ3n) is 5.47. The molecule has 1 amide bonds. The summed E-state index contributed by atoms with van der Waals surface area (Å²) in [5, 5.41) is 15.8. The topological polar surface area (TPSA) is 106 Å². The Morgan fingerprint density at radius 2 is 1.84 bits per heavy atom. The lowest BCUT2D eigenvalue weighted by atomic mass is 10.1. The molecule has 4 rings (SSSR count). The minimum absolute atomic E-state index is 0.0157. The third-order valence-corrected chi connectivity index (χ3v) is 6.44. The maximum absolute atomic E-state index is 12.7. The summed E-state index contributed by atoms with van der Waals surface area (Å²) in [4.78, 5) is 16.9. The Morgan fingerprint density at radius 1 is 1.03 bits per heavy atom. The van der Waals surface area contributed by atoms with E-state index in [4.69, 9.17) is 24.4 Å². The fourth-order valence-corrected chi connectivity index (χ4v) is 4.56. The number of methoxy groups -OCH3 is 1. The highest BCUT2D eigenvalue weighted by Crippen LogP contribution is 2.32. The van der Waals surface area contributed by atoms with Crippen LogP contribution in [-0.2, 0) is 4.79 Å². The number of rotatable bonds is 12. The molecular weight excluding hydrogens is 492 g/mol. The molecule has 2 aliphatic heterocycles. The Balaban J connectivity index is 1.44. The molecule has 37 heavy (non-hydrogen) atoms. The second kappa shape index (κ2) is 12.4. The number of hydrogen-bond acceptors (Lipinski definition) is 8. The largest absolute Gasteiger partial charge is 0.497 e. The standard InChI is InChI=1S/C27H30N4O5S/c1-4-6-10-24-30-31-25(28)21(26(32)29-27(31)37-24)15-18-11-12-22(23(16-18)34-5-2)36-14-13-35-20-9-7-8-19(17-20)33-3/h7-9,11-12,15-17,28H,4-6,10,13-14H2,1-3H3. The van der Waals surface area contributed by atoms with Gasteiger partial charge in [-0.15, -0.1) is 0 Å². The number of hydrogen-bond donors (Lipinski definition) is 1. The summed E-state index contributed by atoms with van der Waals surface area (Å²) in [5.74, 6) is 2.07. The van der Waals surface area contributed by atoms with Crippen molar-refractivity contribution in [2.24, 2.45) is 10.1 Å². The van der Waals surface area contributed by atoms with Gasteiger partial charge in [-0.1, -0.05) is 25.5 Å². The van der Waals surface area contributed by atoms with Crippen molar-refractivity contribution in [1.82, 2.24) is 5.01 Å². The Hall–Kier alpha value is -3.79. The molecule has 0 saturated carbocycles. The van der Waals surface area contributed by atoms with Gasteiger partial charge in [-0.3, -0.25) is 10.2 Å². The van der Waals surface area contributed by atoms with Crippen LogP contribution in [-0.4, -0.2) is 53.9 Å². The van der Waals surface area contributed by atoms with E-state index >= 15 is 0 Å². The van der Waals surface area contributed by atoms with Crippen molar-refractivity contribution in [3.8, 4) is 23.0 Å². The fourth-order valence-electron chi connectivity index (χ4n) is 3.63. The van der Waals surface area contributed by atoms with Crippen LogP contribution in [0.15, 0.2) is 58.1 Å². The molecule has 0 aromatic heterocycles. The van der Waals surface area contributed by atoms with Crippen molar-refractivity contribution in [2.75, 3.05) is 26.9 Å². The SMILES string of the molecule is CCCCC1=NN2C(=N)C(=Cc3ccc(OCCOc4cccc(OC)c4)c(OCC)c3)C(=O)N=C2S1. The highest BCUT2D eigenvalue weighted by molar-refractivity contribution is 8.26. The Morgan fingerprint density at radius 3 is 2.62 bits per heavy atom. The molecule has 0 fully saturated rings. The van der Waals surface area contributed by atoms with Gasteiger partial charge >= 0.3 is 0 Å². The Labute approximate surface area is 220 Å². The molecule has 2 heterocycles. The molecule has 2 aliphatic rings. The van der Waals surface area contributed by atoms with Gasteiger partial charge in [0.25, 0.3) is 5.91 Å². The van der Waals surface area contributed by atoms with E-state index in [1.165, 1.54) is 16.8 Å². The van der Waals surface area contributed by atoms with Gasteiger partial charge in [0, 0.05) is 6.07 Å². The smallest absolute Gasteiger partial charge is 0.283 e. The summed E-state index contributed by atoms with van der Waals surface area (Å²) in [6, 6.07) is 12.7. The minimum atomic E-state index is -0.455. The second-order valence-electron chi connectivity index (χ2n) is 8.13. The summed E-state index contributed by atoms with van der Waals surface area (Å²) in [5.41, 5.74) is 0.866. The zero-order valence-electron chi connectivity index (χ0n) is 21.2. The van der Waals surface area contributed by atoms with Crippen molar-refractivity contribution < 1.29 is 23.7 Å². The van der Waals surface area contributed by atoms with E-state index < -0.39 is 5.91 Å². The van der Waals surface area contributed by atoms with E-state index in [1.54, 1.807) is 25.3 Å². The first-order chi connectivity index (χ1) is 18.0. The number of carbonyl (C=O) groups is 1. The summed E-state index contributed by atoms with van der Waals surface area (Å²) in [6.45, 7) is 5.09. The van der Waals surface area contributed by atoms with Crippen LogP contribution in [0.4, 0.5) is 0 Å². The lowest BCUT2D eigenvalue weighted by Crippen LogP contribution is -2.35. The molecule has 0 atom stereocenters. The molecule has 0 bridgehead atoms. The summed E-state index contributed by atoms with van der Waals surface area (Å²) in [7, 11) is 1.61. The highest BCUT2D eigenvalue weighted by atomic mass is 32.2. The van der Waals surface area contributed by atoms with Gasteiger partial charge in [0.15, 0.2) is 17.3 Å². The maximum Gasteiger partial charge on any atom is 0.283 e. The van der Waals surface area contributed by atoms with Gasteiger partial charge in [0.2, 0.25) is 5.17 Å². The molecule has 9 nitrogen and oxygen atoms in total. The van der Waals surface area contributed by atoms with Crippen LogP contribution in [0.5, 0.6) is 23.0 Å². The number of thioether (sulfide) groups is 1. The van der Waals surface area contributed by atoms with Crippen molar-refractivity contribution in [1.29, 1.82) is 5.41 Å². The first-order valence-corrected chi connectivity index (χ1v) is 13.0. The molecule has 2 aromatic rings. The molecule has 0 saturated heterocycles. The number of unbranched alkanes of at least 4 members (excludes halogenated alkanes) is 1. The zero-order valence-corrected chi connectivity index (χ0v) is 22.0. The monoisotopic (exact) mass is 522 g/mol. The first-order valence-electron chi connectivity index (χ1n) is 12.2. The predicted octanol–water partition coefficient (Wildman–Crippen LogP) is 5.36. The fraction of sp³-hybridized carbons (Fsp3) is 0.333. The van der Waals surface area contributed by atoms with Gasteiger partial charge in [-0.2, -0.15) is 15.1 Å². The van der Waals surface area contributed by atoms with E-state index in [-0.39, 0.29) is 11.4 Å². The van der Waals surface area contributed by atoms with E-state index in [0.717, 1.165) is 30.1 Å². The molecule has 0 unspecified atom stereocenters. The Kier molecular flexibility index (Phi) is 8.84. The molecule has 194 valence electrons. The van der Waals surface area contributed by atoms with E-state index in [0.29, 0.717) is 47.8 Å². The van der Waals surface area contributed by atoms with Crippen molar-refractivity contribution in [3.63, 3.8) is 0 Å². The average Bonchev–Trinajstić information content (AvgIpc) is 3.32. The number of nitrogens with zero attached hydrogens (tertiary/aromatic N) is 3. The minimum Gasteiger partial charge on any atom is -0.497 e. The Bertz CT molecular complexity index is 1260. The third kappa shape index (κ3) is 6.51. The second-order valence-corrected chi connectivity index (χ2v) is 9.17. The van der Waals surface area contributed by atoms with Crippen LogP contribution in [0.25, 0.3) is 6.08 Å². The number of ether oxygens (including phenoxy) is 4. The average molecular weight is 523 g/mol. The molecule has 10 heteroatoms. The molecule has 0 aliphatic carbocycles. The van der Waals surface area contributed by atoms with Crippen LogP contribution in [0, 0.1) is 5.41 Å². The zero-order chi connectivity index (χ0) is 26.2. The predicted molar refractivity (Wildman–Crippen MR) is 146 cm³/mol. The first kappa shape index (κ1) is 26.3. The molecular formula is C27H30N4O5S. The molecule has 1 N–H and O–H groups in total. The summed E-state index contributed by atoms with van der Waals surface area (Å²) in [6.07, 6.45) is 4.48. The van der Waals surface area contributed by atoms with Gasteiger partial charge in [-0.05, 0) is 67.4 Å². The molecule has 2 aromatic carbocycles. The van der Waals surface area contributed by atoms with Crippen LogP contribution < -0.4 is 18.9 Å². The number of nitrogens with one attached hydrogen (secondary N) is 1. The number of hydrazone groups is 1.